The molecule has 1 aliphatic rings. The number of aryl methyl sites for hydroxylation is 1. The van der Waals surface area contributed by atoms with Crippen LogP contribution in [0.2, 0.25) is 0 Å². The van der Waals surface area contributed by atoms with Gasteiger partial charge in [0.2, 0.25) is 5.91 Å². The molecular weight excluding hydrogens is 244 g/mol. The summed E-state index contributed by atoms with van der Waals surface area (Å²) in [4.78, 5) is 25.7. The SMILES string of the molecule is C[C@@H]1CN(CC(=O)NC(=O)c2cccn2C)CCN1. The Bertz CT molecular complexity index is 469. The molecule has 6 nitrogen and oxygen atoms in total. The monoisotopic (exact) mass is 264 g/mol. The normalized spacial score (nSPS) is 20.2. The molecule has 0 aliphatic carbocycles. The maximum Gasteiger partial charge on any atom is 0.274 e. The van der Waals surface area contributed by atoms with E-state index in [1.165, 1.54) is 0 Å². The Morgan fingerprint density at radius 1 is 1.53 bits per heavy atom. The maximum absolute atomic E-state index is 11.9. The number of nitrogens with one attached hydrogen (secondary N) is 2. The van der Waals surface area contributed by atoms with Gasteiger partial charge in [-0.3, -0.25) is 19.8 Å². The highest BCUT2D eigenvalue weighted by Crippen LogP contribution is 2.00. The van der Waals surface area contributed by atoms with Crippen molar-refractivity contribution >= 4 is 11.8 Å². The Kier molecular flexibility index (Phi) is 4.34. The topological polar surface area (TPSA) is 66.4 Å². The first-order chi connectivity index (χ1) is 9.06. The lowest BCUT2D eigenvalue weighted by Gasteiger charge is -2.31. The van der Waals surface area contributed by atoms with Crippen LogP contribution in [0.1, 0.15) is 17.4 Å². The van der Waals surface area contributed by atoms with E-state index >= 15 is 0 Å². The van der Waals surface area contributed by atoms with Gasteiger partial charge < -0.3 is 9.88 Å². The van der Waals surface area contributed by atoms with Crippen molar-refractivity contribution < 1.29 is 9.59 Å². The number of rotatable bonds is 3. The standard InChI is InChI=1S/C13H20N4O2/c1-10-8-17(7-5-14-10)9-12(18)15-13(19)11-4-3-6-16(11)2/h3-4,6,10,14H,5,7-9H2,1-2H3,(H,15,18,19)/t10-/m1/s1. The van der Waals surface area contributed by atoms with Gasteiger partial charge in [0.05, 0.1) is 6.54 Å². The molecule has 0 radical (unpaired) electrons. The van der Waals surface area contributed by atoms with Gasteiger partial charge in [-0.15, -0.1) is 0 Å². The van der Waals surface area contributed by atoms with Crippen LogP contribution in [0.3, 0.4) is 0 Å². The van der Waals surface area contributed by atoms with E-state index in [0.717, 1.165) is 19.6 Å². The zero-order valence-corrected chi connectivity index (χ0v) is 11.3. The van der Waals surface area contributed by atoms with E-state index < -0.39 is 0 Å². The molecule has 1 saturated heterocycles. The van der Waals surface area contributed by atoms with E-state index in [-0.39, 0.29) is 18.4 Å². The number of piperazine rings is 1. The highest BCUT2D eigenvalue weighted by molar-refractivity contribution is 6.04. The zero-order valence-electron chi connectivity index (χ0n) is 11.3. The number of carbonyl (C=O) groups is 2. The highest BCUT2D eigenvalue weighted by atomic mass is 16.2. The molecule has 0 aromatic carbocycles. The summed E-state index contributed by atoms with van der Waals surface area (Å²) in [6.07, 6.45) is 1.78. The van der Waals surface area contributed by atoms with Gasteiger partial charge >= 0.3 is 0 Å². The van der Waals surface area contributed by atoms with Crippen molar-refractivity contribution in [1.82, 2.24) is 20.1 Å². The third-order valence-corrected chi connectivity index (χ3v) is 3.25. The Hall–Kier alpha value is -1.66. The number of aromatic nitrogens is 1. The van der Waals surface area contributed by atoms with Crippen LogP contribution in [0.15, 0.2) is 18.3 Å². The number of amides is 2. The summed E-state index contributed by atoms with van der Waals surface area (Å²) in [5.41, 5.74) is 0.488. The number of carbonyl (C=O) groups excluding carboxylic acids is 2. The lowest BCUT2D eigenvalue weighted by molar-refractivity contribution is -0.121. The molecule has 0 bridgehead atoms. The molecule has 2 heterocycles. The fourth-order valence-electron chi connectivity index (χ4n) is 2.29. The minimum atomic E-state index is -0.347. The van der Waals surface area contributed by atoms with Crippen molar-refractivity contribution in [2.24, 2.45) is 7.05 Å². The van der Waals surface area contributed by atoms with Crippen LogP contribution in [0.5, 0.6) is 0 Å². The van der Waals surface area contributed by atoms with Crippen LogP contribution >= 0.6 is 0 Å². The molecule has 0 unspecified atom stereocenters. The van der Waals surface area contributed by atoms with E-state index in [4.69, 9.17) is 0 Å². The summed E-state index contributed by atoms with van der Waals surface area (Å²) < 4.78 is 1.69. The maximum atomic E-state index is 11.9. The second-order valence-corrected chi connectivity index (χ2v) is 4.97. The quantitative estimate of drug-likeness (QED) is 0.778. The Morgan fingerprint density at radius 2 is 2.32 bits per heavy atom. The minimum Gasteiger partial charge on any atom is -0.347 e. The lowest BCUT2D eigenvalue weighted by atomic mass is 10.2. The molecular formula is C13H20N4O2. The van der Waals surface area contributed by atoms with Crippen molar-refractivity contribution in [3.63, 3.8) is 0 Å². The third kappa shape index (κ3) is 3.65. The smallest absolute Gasteiger partial charge is 0.274 e. The number of imide groups is 1. The average molecular weight is 264 g/mol. The Balaban J connectivity index is 1.84. The Labute approximate surface area is 112 Å². The summed E-state index contributed by atoms with van der Waals surface area (Å²) in [6.45, 7) is 4.88. The first-order valence-corrected chi connectivity index (χ1v) is 6.47. The van der Waals surface area contributed by atoms with E-state index in [1.807, 2.05) is 0 Å². The molecule has 2 N–H and O–H groups in total. The first kappa shape index (κ1) is 13.8. The molecule has 104 valence electrons. The van der Waals surface area contributed by atoms with Crippen LogP contribution in [0, 0.1) is 0 Å². The van der Waals surface area contributed by atoms with Gasteiger partial charge in [0, 0.05) is 38.9 Å². The highest BCUT2D eigenvalue weighted by Gasteiger charge is 2.19. The molecule has 2 amide bonds. The second-order valence-electron chi connectivity index (χ2n) is 4.97. The van der Waals surface area contributed by atoms with Crippen LogP contribution in [-0.2, 0) is 11.8 Å². The molecule has 19 heavy (non-hydrogen) atoms. The fraction of sp³-hybridized carbons (Fsp3) is 0.538. The molecule has 1 atom stereocenters. The summed E-state index contributed by atoms with van der Waals surface area (Å²) in [5, 5.41) is 5.74. The van der Waals surface area contributed by atoms with Crippen molar-refractivity contribution in [2.75, 3.05) is 26.2 Å². The van der Waals surface area contributed by atoms with Gasteiger partial charge in [0.25, 0.3) is 5.91 Å². The molecule has 1 aromatic heterocycles. The van der Waals surface area contributed by atoms with Gasteiger partial charge in [0.1, 0.15) is 5.69 Å². The number of hydrogen-bond donors (Lipinski definition) is 2. The van der Waals surface area contributed by atoms with Crippen LogP contribution in [0.4, 0.5) is 0 Å². The largest absolute Gasteiger partial charge is 0.347 e. The van der Waals surface area contributed by atoms with E-state index in [9.17, 15) is 9.59 Å². The van der Waals surface area contributed by atoms with Crippen LogP contribution in [0.25, 0.3) is 0 Å². The van der Waals surface area contributed by atoms with Gasteiger partial charge in [-0.2, -0.15) is 0 Å². The average Bonchev–Trinajstić information content (AvgIpc) is 2.75. The molecule has 1 aromatic rings. The fourth-order valence-corrected chi connectivity index (χ4v) is 2.29. The summed E-state index contributed by atoms with van der Waals surface area (Å²) >= 11 is 0. The molecule has 1 fully saturated rings. The van der Waals surface area contributed by atoms with E-state index in [0.29, 0.717) is 11.7 Å². The van der Waals surface area contributed by atoms with E-state index in [1.54, 1.807) is 29.9 Å². The summed E-state index contributed by atoms with van der Waals surface area (Å²) in [5.74, 6) is -0.596. The zero-order chi connectivity index (χ0) is 13.8. The minimum absolute atomic E-state index is 0.250. The number of hydrogen-bond acceptors (Lipinski definition) is 4. The molecule has 2 rings (SSSR count). The van der Waals surface area contributed by atoms with Crippen molar-refractivity contribution in [2.45, 2.75) is 13.0 Å². The molecule has 6 heteroatoms. The van der Waals surface area contributed by atoms with Crippen molar-refractivity contribution in [3.05, 3.63) is 24.0 Å². The van der Waals surface area contributed by atoms with Gasteiger partial charge in [-0.05, 0) is 19.1 Å². The van der Waals surface area contributed by atoms with Crippen LogP contribution < -0.4 is 10.6 Å². The van der Waals surface area contributed by atoms with Gasteiger partial charge in [-0.1, -0.05) is 0 Å². The molecule has 1 aliphatic heterocycles. The lowest BCUT2D eigenvalue weighted by Crippen LogP contribution is -2.52. The van der Waals surface area contributed by atoms with Gasteiger partial charge in [0.15, 0.2) is 0 Å². The second kappa shape index (κ2) is 5.99. The third-order valence-electron chi connectivity index (χ3n) is 3.25. The van der Waals surface area contributed by atoms with Crippen molar-refractivity contribution in [3.8, 4) is 0 Å². The molecule has 0 saturated carbocycles. The van der Waals surface area contributed by atoms with Crippen molar-refractivity contribution in [1.29, 1.82) is 0 Å². The predicted molar refractivity (Wildman–Crippen MR) is 71.8 cm³/mol. The van der Waals surface area contributed by atoms with E-state index in [2.05, 4.69) is 22.5 Å². The molecule has 0 spiro atoms. The first-order valence-electron chi connectivity index (χ1n) is 6.47. The Morgan fingerprint density at radius 3 is 2.95 bits per heavy atom. The number of nitrogens with zero attached hydrogens (tertiary/aromatic N) is 2. The summed E-state index contributed by atoms with van der Waals surface area (Å²) in [7, 11) is 1.78. The van der Waals surface area contributed by atoms with Crippen LogP contribution in [-0.4, -0.2) is 53.5 Å². The summed E-state index contributed by atoms with van der Waals surface area (Å²) in [6, 6.07) is 3.84. The predicted octanol–water partition coefficient (Wildman–Crippen LogP) is -0.425. The van der Waals surface area contributed by atoms with Gasteiger partial charge in [-0.25, -0.2) is 0 Å².